The molecule has 0 unspecified atom stereocenters. The van der Waals surface area contributed by atoms with Gasteiger partial charge in [-0.3, -0.25) is 10.1 Å². The van der Waals surface area contributed by atoms with Crippen LogP contribution in [0.15, 0.2) is 48.5 Å². The number of aromatic carboxylic acids is 1. The smallest absolute Gasteiger partial charge is 0.342 e. The van der Waals surface area contributed by atoms with Crippen LogP contribution in [0.2, 0.25) is 0 Å². The van der Waals surface area contributed by atoms with Gasteiger partial charge < -0.3 is 10.4 Å². The average Bonchev–Trinajstić information content (AvgIpc) is 2.39. The molecule has 0 amide bonds. The first-order valence-corrected chi connectivity index (χ1v) is 5.42. The van der Waals surface area contributed by atoms with Crippen LogP contribution in [0.3, 0.4) is 0 Å². The van der Waals surface area contributed by atoms with Gasteiger partial charge in [0.25, 0.3) is 0 Å². The number of para-hydroxylation sites is 2. The maximum atomic E-state index is 11.0. The van der Waals surface area contributed by atoms with Crippen molar-refractivity contribution in [3.05, 3.63) is 64.2 Å². The Labute approximate surface area is 108 Å². The van der Waals surface area contributed by atoms with Crippen molar-refractivity contribution >= 4 is 23.0 Å². The van der Waals surface area contributed by atoms with E-state index in [0.29, 0.717) is 5.69 Å². The molecule has 0 spiro atoms. The molecule has 0 atom stereocenters. The summed E-state index contributed by atoms with van der Waals surface area (Å²) >= 11 is 0. The molecule has 2 rings (SSSR count). The van der Waals surface area contributed by atoms with Gasteiger partial charge in [0, 0.05) is 5.69 Å². The number of nitro groups is 1. The number of anilines is 2. The third-order valence-corrected chi connectivity index (χ3v) is 2.50. The molecule has 96 valence electrons. The van der Waals surface area contributed by atoms with Crippen molar-refractivity contribution in [2.75, 3.05) is 5.32 Å². The Morgan fingerprint density at radius 3 is 2.37 bits per heavy atom. The minimum absolute atomic E-state index is 0.149. The first-order valence-electron chi connectivity index (χ1n) is 5.42. The maximum absolute atomic E-state index is 11.0. The van der Waals surface area contributed by atoms with Gasteiger partial charge in [-0.2, -0.15) is 0 Å². The number of nitrogens with zero attached hydrogens (tertiary/aromatic N) is 1. The van der Waals surface area contributed by atoms with Crippen LogP contribution in [-0.4, -0.2) is 16.0 Å². The van der Waals surface area contributed by atoms with E-state index in [2.05, 4.69) is 5.32 Å². The van der Waals surface area contributed by atoms with E-state index in [4.69, 9.17) is 5.11 Å². The first kappa shape index (κ1) is 12.6. The van der Waals surface area contributed by atoms with Gasteiger partial charge in [0.05, 0.1) is 4.92 Å². The number of carboxylic acid groups (broad SMARTS) is 1. The lowest BCUT2D eigenvalue weighted by Crippen LogP contribution is -2.05. The number of carbonyl (C=O) groups is 1. The van der Waals surface area contributed by atoms with Crippen LogP contribution in [-0.2, 0) is 0 Å². The summed E-state index contributed by atoms with van der Waals surface area (Å²) in [6.45, 7) is 0. The molecule has 0 bridgehead atoms. The molecule has 19 heavy (non-hydrogen) atoms. The summed E-state index contributed by atoms with van der Waals surface area (Å²) in [5, 5.41) is 22.9. The lowest BCUT2D eigenvalue weighted by Gasteiger charge is -2.08. The molecular formula is C13H10N2O4. The molecule has 0 aromatic heterocycles. The topological polar surface area (TPSA) is 92.5 Å². The second-order valence-corrected chi connectivity index (χ2v) is 3.76. The van der Waals surface area contributed by atoms with Gasteiger partial charge in [-0.1, -0.05) is 24.3 Å². The van der Waals surface area contributed by atoms with Crippen LogP contribution >= 0.6 is 0 Å². The number of rotatable bonds is 4. The Hall–Kier alpha value is -2.89. The normalized spacial score (nSPS) is 9.89. The van der Waals surface area contributed by atoms with E-state index >= 15 is 0 Å². The summed E-state index contributed by atoms with van der Waals surface area (Å²) in [5.74, 6) is -1.33. The van der Waals surface area contributed by atoms with E-state index in [1.54, 1.807) is 24.3 Å². The molecule has 6 heteroatoms. The monoisotopic (exact) mass is 258 g/mol. The molecule has 2 aromatic carbocycles. The van der Waals surface area contributed by atoms with E-state index in [0.717, 1.165) is 0 Å². The largest absolute Gasteiger partial charge is 0.477 e. The number of hydrogen-bond donors (Lipinski definition) is 2. The highest BCUT2D eigenvalue weighted by Crippen LogP contribution is 2.31. The molecule has 6 nitrogen and oxygen atoms in total. The number of nitro benzene ring substituents is 1. The number of hydrogen-bond acceptors (Lipinski definition) is 4. The Balaban J connectivity index is 2.48. The molecule has 0 heterocycles. The van der Waals surface area contributed by atoms with Crippen molar-refractivity contribution < 1.29 is 14.8 Å². The fraction of sp³-hybridized carbons (Fsp3) is 0. The summed E-state index contributed by atoms with van der Waals surface area (Å²) in [6, 6.07) is 13.0. The molecule has 2 N–H and O–H groups in total. The van der Waals surface area contributed by atoms with E-state index in [-0.39, 0.29) is 11.3 Å². The van der Waals surface area contributed by atoms with Gasteiger partial charge >= 0.3 is 11.7 Å². The summed E-state index contributed by atoms with van der Waals surface area (Å²) in [6.07, 6.45) is 0. The fourth-order valence-corrected chi connectivity index (χ4v) is 1.69. The van der Waals surface area contributed by atoms with Gasteiger partial charge in [0.15, 0.2) is 0 Å². The Kier molecular flexibility index (Phi) is 3.42. The summed E-state index contributed by atoms with van der Waals surface area (Å²) in [4.78, 5) is 21.3. The van der Waals surface area contributed by atoms with Crippen molar-refractivity contribution in [3.63, 3.8) is 0 Å². The lowest BCUT2D eigenvalue weighted by atomic mass is 10.1. The number of nitrogens with one attached hydrogen (secondary N) is 1. The van der Waals surface area contributed by atoms with Crippen LogP contribution in [0, 0.1) is 10.1 Å². The van der Waals surface area contributed by atoms with Gasteiger partial charge in [-0.15, -0.1) is 0 Å². The van der Waals surface area contributed by atoms with E-state index in [1.165, 1.54) is 18.2 Å². The van der Waals surface area contributed by atoms with Crippen LogP contribution in [0.5, 0.6) is 0 Å². The summed E-state index contributed by atoms with van der Waals surface area (Å²) < 4.78 is 0. The highest BCUT2D eigenvalue weighted by molar-refractivity contribution is 5.96. The van der Waals surface area contributed by atoms with Crippen molar-refractivity contribution in [1.82, 2.24) is 0 Å². The molecule has 0 aliphatic rings. The molecule has 0 aliphatic heterocycles. The minimum atomic E-state index is -1.33. The summed E-state index contributed by atoms with van der Waals surface area (Å²) in [5.41, 5.74) is 0.00835. The van der Waals surface area contributed by atoms with E-state index in [1.807, 2.05) is 6.07 Å². The second-order valence-electron chi connectivity index (χ2n) is 3.76. The van der Waals surface area contributed by atoms with Crippen molar-refractivity contribution in [2.45, 2.75) is 0 Å². The highest BCUT2D eigenvalue weighted by Gasteiger charge is 2.24. The molecular weight excluding hydrogens is 248 g/mol. The average molecular weight is 258 g/mol. The lowest BCUT2D eigenvalue weighted by molar-refractivity contribution is -0.384. The second kappa shape index (κ2) is 5.18. The summed E-state index contributed by atoms with van der Waals surface area (Å²) in [7, 11) is 0. The Morgan fingerprint density at radius 1 is 1.11 bits per heavy atom. The highest BCUT2D eigenvalue weighted by atomic mass is 16.6. The van der Waals surface area contributed by atoms with Crippen LogP contribution in [0.25, 0.3) is 0 Å². The Bertz CT molecular complexity index is 626. The van der Waals surface area contributed by atoms with Gasteiger partial charge in [-0.05, 0) is 24.3 Å². The van der Waals surface area contributed by atoms with Crippen LogP contribution < -0.4 is 5.32 Å². The molecule has 2 aromatic rings. The number of benzene rings is 2. The zero-order valence-corrected chi connectivity index (χ0v) is 9.74. The molecule has 0 aliphatic carbocycles. The molecule has 0 fully saturated rings. The zero-order valence-electron chi connectivity index (χ0n) is 9.74. The molecule has 0 saturated heterocycles. The van der Waals surface area contributed by atoms with Crippen LogP contribution in [0.4, 0.5) is 17.1 Å². The van der Waals surface area contributed by atoms with E-state index in [9.17, 15) is 14.9 Å². The van der Waals surface area contributed by atoms with Crippen molar-refractivity contribution in [2.24, 2.45) is 0 Å². The van der Waals surface area contributed by atoms with Crippen molar-refractivity contribution in [1.29, 1.82) is 0 Å². The SMILES string of the molecule is O=C(O)c1cccc(Nc2ccccc2)c1[N+](=O)[O-]. The Morgan fingerprint density at radius 2 is 1.79 bits per heavy atom. The number of carboxylic acids is 1. The predicted octanol–water partition coefficient (Wildman–Crippen LogP) is 3.04. The van der Waals surface area contributed by atoms with Crippen molar-refractivity contribution in [3.8, 4) is 0 Å². The maximum Gasteiger partial charge on any atom is 0.342 e. The van der Waals surface area contributed by atoms with Gasteiger partial charge in [0.2, 0.25) is 0 Å². The third-order valence-electron chi connectivity index (χ3n) is 2.50. The molecule has 0 radical (unpaired) electrons. The van der Waals surface area contributed by atoms with Crippen LogP contribution in [0.1, 0.15) is 10.4 Å². The quantitative estimate of drug-likeness (QED) is 0.649. The first-order chi connectivity index (χ1) is 9.09. The zero-order chi connectivity index (χ0) is 13.8. The molecule has 0 saturated carbocycles. The standard InChI is InChI=1S/C13H10N2O4/c16-13(17)10-7-4-8-11(12(10)15(18)19)14-9-5-2-1-3-6-9/h1-8,14H,(H,16,17). The van der Waals surface area contributed by atoms with Gasteiger partial charge in [-0.25, -0.2) is 4.79 Å². The van der Waals surface area contributed by atoms with Gasteiger partial charge in [0.1, 0.15) is 11.3 Å². The fourth-order valence-electron chi connectivity index (χ4n) is 1.69. The predicted molar refractivity (Wildman–Crippen MR) is 69.8 cm³/mol. The van der Waals surface area contributed by atoms with E-state index < -0.39 is 16.6 Å². The minimum Gasteiger partial charge on any atom is -0.477 e. The third kappa shape index (κ3) is 2.68.